The highest BCUT2D eigenvalue weighted by Crippen LogP contribution is 2.19. The Bertz CT molecular complexity index is 438. The zero-order valence-electron chi connectivity index (χ0n) is 12.9. The average molecular weight is 295 g/mol. The zero-order chi connectivity index (χ0) is 15.2. The minimum Gasteiger partial charge on any atom is -0.468 e. The lowest BCUT2D eigenvalue weighted by Gasteiger charge is -2.20. The van der Waals surface area contributed by atoms with Crippen molar-refractivity contribution in [3.63, 3.8) is 0 Å². The van der Waals surface area contributed by atoms with Gasteiger partial charge in [-0.15, -0.1) is 0 Å². The molecule has 112 valence electrons. The molecule has 0 amide bonds. The molecule has 1 aromatic carbocycles. The lowest BCUT2D eigenvalue weighted by molar-refractivity contribution is -0.146. The van der Waals surface area contributed by atoms with Crippen molar-refractivity contribution in [2.45, 2.75) is 44.9 Å². The standard InChI is InChI=1S/C16H25NO2S/c1-12-8-13(2)10-14(9-12)11-20-7-5-6-16(3,17)15(18)19-4/h8-10H,5-7,11,17H2,1-4H3. The maximum absolute atomic E-state index is 11.4. The van der Waals surface area contributed by atoms with E-state index in [9.17, 15) is 4.79 Å². The number of hydrogen-bond donors (Lipinski definition) is 1. The van der Waals surface area contributed by atoms with Crippen LogP contribution in [0.5, 0.6) is 0 Å². The van der Waals surface area contributed by atoms with Gasteiger partial charge in [-0.05, 0) is 44.9 Å². The molecular weight excluding hydrogens is 270 g/mol. The minimum absolute atomic E-state index is 0.336. The highest BCUT2D eigenvalue weighted by atomic mass is 32.2. The Morgan fingerprint density at radius 1 is 1.30 bits per heavy atom. The van der Waals surface area contributed by atoms with Gasteiger partial charge in [-0.25, -0.2) is 0 Å². The second-order valence-corrected chi connectivity index (χ2v) is 6.67. The molecule has 0 aromatic heterocycles. The quantitative estimate of drug-likeness (QED) is 0.620. The second-order valence-electron chi connectivity index (χ2n) is 5.56. The highest BCUT2D eigenvalue weighted by Gasteiger charge is 2.28. The van der Waals surface area contributed by atoms with Crippen LogP contribution < -0.4 is 5.73 Å². The fraction of sp³-hybridized carbons (Fsp3) is 0.562. The monoisotopic (exact) mass is 295 g/mol. The Morgan fingerprint density at radius 3 is 2.45 bits per heavy atom. The van der Waals surface area contributed by atoms with Gasteiger partial charge in [0.25, 0.3) is 0 Å². The van der Waals surface area contributed by atoms with Crippen molar-refractivity contribution in [3.8, 4) is 0 Å². The van der Waals surface area contributed by atoms with Crippen LogP contribution in [0, 0.1) is 13.8 Å². The molecule has 1 aromatic rings. The SMILES string of the molecule is COC(=O)C(C)(N)CCCSCc1cc(C)cc(C)c1. The number of hydrogen-bond acceptors (Lipinski definition) is 4. The summed E-state index contributed by atoms with van der Waals surface area (Å²) in [5.74, 6) is 1.66. The fourth-order valence-electron chi connectivity index (χ4n) is 2.22. The van der Waals surface area contributed by atoms with E-state index in [2.05, 4.69) is 32.0 Å². The maximum Gasteiger partial charge on any atom is 0.325 e. The summed E-state index contributed by atoms with van der Waals surface area (Å²) in [6.07, 6.45) is 1.57. The molecule has 3 nitrogen and oxygen atoms in total. The van der Waals surface area contributed by atoms with Crippen LogP contribution >= 0.6 is 11.8 Å². The number of ether oxygens (including phenoxy) is 1. The summed E-state index contributed by atoms with van der Waals surface area (Å²) in [6.45, 7) is 5.97. The van der Waals surface area contributed by atoms with E-state index < -0.39 is 5.54 Å². The van der Waals surface area contributed by atoms with Gasteiger partial charge in [0.05, 0.1) is 7.11 Å². The van der Waals surface area contributed by atoms with E-state index in [0.29, 0.717) is 6.42 Å². The van der Waals surface area contributed by atoms with Gasteiger partial charge in [0.2, 0.25) is 0 Å². The molecule has 0 saturated carbocycles. The van der Waals surface area contributed by atoms with Gasteiger partial charge in [0.1, 0.15) is 5.54 Å². The van der Waals surface area contributed by atoms with Gasteiger partial charge in [-0.3, -0.25) is 4.79 Å². The molecule has 0 heterocycles. The molecule has 0 saturated heterocycles. The Labute approximate surface area is 126 Å². The Hall–Kier alpha value is -1.00. The van der Waals surface area contributed by atoms with E-state index in [4.69, 9.17) is 10.5 Å². The molecule has 0 aliphatic heterocycles. The predicted molar refractivity (Wildman–Crippen MR) is 85.9 cm³/mol. The number of rotatable bonds is 7. The van der Waals surface area contributed by atoms with Gasteiger partial charge in [0.15, 0.2) is 0 Å². The Morgan fingerprint density at radius 2 is 1.90 bits per heavy atom. The van der Waals surface area contributed by atoms with E-state index in [0.717, 1.165) is 17.9 Å². The third-order valence-electron chi connectivity index (χ3n) is 3.19. The molecule has 0 aliphatic rings. The van der Waals surface area contributed by atoms with Crippen molar-refractivity contribution in [3.05, 3.63) is 34.9 Å². The lowest BCUT2D eigenvalue weighted by Crippen LogP contribution is -2.45. The van der Waals surface area contributed by atoms with E-state index in [1.165, 1.54) is 23.8 Å². The number of carbonyl (C=O) groups excluding carboxylic acids is 1. The second kappa shape index (κ2) is 7.70. The molecule has 0 bridgehead atoms. The number of aryl methyl sites for hydroxylation is 2. The first-order chi connectivity index (χ1) is 9.35. The predicted octanol–water partition coefficient (Wildman–Crippen LogP) is 3.21. The number of methoxy groups -OCH3 is 1. The molecule has 1 atom stereocenters. The van der Waals surface area contributed by atoms with Crippen molar-refractivity contribution < 1.29 is 9.53 Å². The van der Waals surface area contributed by atoms with Crippen molar-refractivity contribution in [2.24, 2.45) is 5.73 Å². The van der Waals surface area contributed by atoms with E-state index in [-0.39, 0.29) is 5.97 Å². The molecular formula is C16H25NO2S. The minimum atomic E-state index is -0.866. The largest absolute Gasteiger partial charge is 0.468 e. The van der Waals surface area contributed by atoms with Crippen LogP contribution in [0.4, 0.5) is 0 Å². The number of benzene rings is 1. The molecule has 4 heteroatoms. The molecule has 0 radical (unpaired) electrons. The lowest BCUT2D eigenvalue weighted by atomic mass is 9.98. The number of nitrogens with two attached hydrogens (primary N) is 1. The summed E-state index contributed by atoms with van der Waals surface area (Å²) in [5, 5.41) is 0. The normalized spacial score (nSPS) is 13.8. The fourth-order valence-corrected chi connectivity index (χ4v) is 3.11. The van der Waals surface area contributed by atoms with Crippen LogP contribution in [-0.4, -0.2) is 24.4 Å². The van der Waals surface area contributed by atoms with Crippen LogP contribution in [0.15, 0.2) is 18.2 Å². The topological polar surface area (TPSA) is 52.3 Å². The van der Waals surface area contributed by atoms with Crippen LogP contribution in [0.1, 0.15) is 36.5 Å². The molecule has 1 rings (SSSR count). The summed E-state index contributed by atoms with van der Waals surface area (Å²) in [4.78, 5) is 11.4. The van der Waals surface area contributed by atoms with Crippen LogP contribution in [-0.2, 0) is 15.3 Å². The first kappa shape index (κ1) is 17.1. The summed E-state index contributed by atoms with van der Waals surface area (Å²) in [7, 11) is 1.38. The Kier molecular flexibility index (Phi) is 6.56. The van der Waals surface area contributed by atoms with Gasteiger partial charge < -0.3 is 10.5 Å². The molecule has 0 aliphatic carbocycles. The van der Waals surface area contributed by atoms with Crippen molar-refractivity contribution in [2.75, 3.05) is 12.9 Å². The van der Waals surface area contributed by atoms with Gasteiger partial charge in [-0.1, -0.05) is 29.3 Å². The molecule has 20 heavy (non-hydrogen) atoms. The number of carbonyl (C=O) groups is 1. The average Bonchev–Trinajstić information content (AvgIpc) is 2.36. The molecule has 0 spiro atoms. The number of esters is 1. The Balaban J connectivity index is 2.30. The number of thioether (sulfide) groups is 1. The summed E-state index contributed by atoms with van der Waals surface area (Å²) < 4.78 is 4.70. The highest BCUT2D eigenvalue weighted by molar-refractivity contribution is 7.98. The van der Waals surface area contributed by atoms with Crippen molar-refractivity contribution >= 4 is 17.7 Å². The van der Waals surface area contributed by atoms with Crippen LogP contribution in [0.25, 0.3) is 0 Å². The zero-order valence-corrected chi connectivity index (χ0v) is 13.7. The van der Waals surface area contributed by atoms with Gasteiger partial charge in [-0.2, -0.15) is 11.8 Å². The van der Waals surface area contributed by atoms with Crippen LogP contribution in [0.2, 0.25) is 0 Å². The smallest absolute Gasteiger partial charge is 0.325 e. The first-order valence-corrected chi connectivity index (χ1v) is 8.03. The van der Waals surface area contributed by atoms with E-state index in [1.54, 1.807) is 6.92 Å². The van der Waals surface area contributed by atoms with E-state index >= 15 is 0 Å². The first-order valence-electron chi connectivity index (χ1n) is 6.87. The summed E-state index contributed by atoms with van der Waals surface area (Å²) in [5.41, 5.74) is 9.02. The maximum atomic E-state index is 11.4. The van der Waals surface area contributed by atoms with E-state index in [1.807, 2.05) is 11.8 Å². The summed E-state index contributed by atoms with van der Waals surface area (Å²) in [6, 6.07) is 6.63. The third kappa shape index (κ3) is 5.55. The van der Waals surface area contributed by atoms with Gasteiger partial charge in [0, 0.05) is 5.75 Å². The molecule has 2 N–H and O–H groups in total. The molecule has 0 fully saturated rings. The van der Waals surface area contributed by atoms with Gasteiger partial charge >= 0.3 is 5.97 Å². The van der Waals surface area contributed by atoms with Crippen molar-refractivity contribution in [1.29, 1.82) is 0 Å². The summed E-state index contributed by atoms with van der Waals surface area (Å²) >= 11 is 1.88. The third-order valence-corrected chi connectivity index (χ3v) is 4.30. The molecule has 1 unspecified atom stereocenters. The van der Waals surface area contributed by atoms with Crippen LogP contribution in [0.3, 0.4) is 0 Å². The van der Waals surface area contributed by atoms with Crippen molar-refractivity contribution in [1.82, 2.24) is 0 Å².